The minimum Gasteiger partial charge on any atom is -0.326 e. The summed E-state index contributed by atoms with van der Waals surface area (Å²) < 4.78 is 0. The van der Waals surface area contributed by atoms with Crippen molar-refractivity contribution in [2.24, 2.45) is 0 Å². The van der Waals surface area contributed by atoms with Gasteiger partial charge >= 0.3 is 0 Å². The third-order valence-corrected chi connectivity index (χ3v) is 3.95. The number of benzene rings is 1. The number of piperazine rings is 1. The smallest absolute Gasteiger partial charge is 0.221 e. The van der Waals surface area contributed by atoms with Crippen molar-refractivity contribution in [1.82, 2.24) is 9.80 Å². The highest BCUT2D eigenvalue weighted by Gasteiger charge is 2.25. The van der Waals surface area contributed by atoms with Gasteiger partial charge in [0.25, 0.3) is 0 Å². The van der Waals surface area contributed by atoms with Gasteiger partial charge in [0.05, 0.1) is 6.04 Å². The van der Waals surface area contributed by atoms with Crippen LogP contribution in [-0.2, 0) is 4.79 Å². The van der Waals surface area contributed by atoms with Crippen LogP contribution in [0, 0.1) is 0 Å². The maximum atomic E-state index is 12.5. The molecule has 130 valence electrons. The summed E-state index contributed by atoms with van der Waals surface area (Å²) in [5, 5.41) is 2.70. The summed E-state index contributed by atoms with van der Waals surface area (Å²) in [5.41, 5.74) is 1.40. The average Bonchev–Trinajstić information content (AvgIpc) is 2.47. The highest BCUT2D eigenvalue weighted by Crippen LogP contribution is 2.14. The molecule has 1 aliphatic rings. The summed E-state index contributed by atoms with van der Waals surface area (Å²) >= 11 is 0. The van der Waals surface area contributed by atoms with Gasteiger partial charge < -0.3 is 10.2 Å². The van der Waals surface area contributed by atoms with Crippen LogP contribution in [0.25, 0.3) is 0 Å². The molecular weight excluding hydrogens is 337 g/mol. The Kier molecular flexibility index (Phi) is 9.39. The third kappa shape index (κ3) is 6.11. The minimum absolute atomic E-state index is 0. The molecule has 1 unspecified atom stereocenters. The monoisotopic (exact) mass is 361 g/mol. The zero-order chi connectivity index (χ0) is 15.4. The van der Waals surface area contributed by atoms with E-state index in [0.717, 1.165) is 26.2 Å². The number of hydrogen-bond acceptors (Lipinski definition) is 4. The van der Waals surface area contributed by atoms with Gasteiger partial charge in [0.2, 0.25) is 5.91 Å². The Bertz CT molecular complexity index is 515. The molecule has 1 aromatic carbocycles. The van der Waals surface area contributed by atoms with Gasteiger partial charge in [0, 0.05) is 44.4 Å². The van der Waals surface area contributed by atoms with E-state index in [-0.39, 0.29) is 42.5 Å². The minimum atomic E-state index is -0.111. The van der Waals surface area contributed by atoms with Gasteiger partial charge in [0.1, 0.15) is 0 Å². The predicted molar refractivity (Wildman–Crippen MR) is 98.1 cm³/mol. The SMILES string of the molecule is CC(=O)Nc1ccc(C(=O)C(C)N2CCN(C)CC2)cc1.Cl.Cl. The first kappa shape index (κ1) is 21.9. The number of Topliss-reactive ketones (excluding diaryl/α,β-unsaturated/α-hetero) is 1. The molecule has 0 aromatic heterocycles. The van der Waals surface area contributed by atoms with Gasteiger partial charge in [-0.3, -0.25) is 14.5 Å². The van der Waals surface area contributed by atoms with Gasteiger partial charge in [0.15, 0.2) is 5.78 Å². The van der Waals surface area contributed by atoms with Crippen molar-refractivity contribution in [3.63, 3.8) is 0 Å². The van der Waals surface area contributed by atoms with Crippen molar-refractivity contribution in [3.8, 4) is 0 Å². The first-order valence-corrected chi connectivity index (χ1v) is 7.32. The Hall–Kier alpha value is -1.14. The molecular formula is C16H25Cl2N3O2. The summed E-state index contributed by atoms with van der Waals surface area (Å²) in [4.78, 5) is 28.0. The molecule has 5 nitrogen and oxygen atoms in total. The lowest BCUT2D eigenvalue weighted by atomic mass is 10.0. The normalized spacial score (nSPS) is 16.7. The highest BCUT2D eigenvalue weighted by atomic mass is 35.5. The largest absolute Gasteiger partial charge is 0.326 e. The molecule has 1 aliphatic heterocycles. The molecule has 0 aliphatic carbocycles. The lowest BCUT2D eigenvalue weighted by Crippen LogP contribution is -2.50. The van der Waals surface area contributed by atoms with E-state index in [4.69, 9.17) is 0 Å². The molecule has 0 radical (unpaired) electrons. The number of carbonyl (C=O) groups excluding carboxylic acids is 2. The summed E-state index contributed by atoms with van der Waals surface area (Å²) in [6, 6.07) is 6.99. The van der Waals surface area contributed by atoms with Gasteiger partial charge in [-0.1, -0.05) is 0 Å². The number of likely N-dealkylation sites (N-methyl/N-ethyl adjacent to an activating group) is 1. The number of nitrogens with zero attached hydrogens (tertiary/aromatic N) is 2. The van der Waals surface area contributed by atoms with E-state index < -0.39 is 0 Å². The van der Waals surface area contributed by atoms with Gasteiger partial charge in [-0.05, 0) is 38.2 Å². The molecule has 0 bridgehead atoms. The summed E-state index contributed by atoms with van der Waals surface area (Å²) in [5.74, 6) is 0.0220. The second-order valence-corrected chi connectivity index (χ2v) is 5.64. The van der Waals surface area contributed by atoms with Crippen LogP contribution in [0.3, 0.4) is 0 Å². The lowest BCUT2D eigenvalue weighted by molar-refractivity contribution is -0.114. The van der Waals surface area contributed by atoms with Crippen LogP contribution in [0.5, 0.6) is 0 Å². The molecule has 1 atom stereocenters. The standard InChI is InChI=1S/C16H23N3O2.2ClH/c1-12(19-10-8-18(3)9-11-19)16(21)14-4-6-15(7-5-14)17-13(2)20;;/h4-7,12H,8-11H2,1-3H3,(H,17,20);2*1H. The summed E-state index contributed by atoms with van der Waals surface area (Å²) in [7, 11) is 2.10. The fourth-order valence-electron chi connectivity index (χ4n) is 2.54. The van der Waals surface area contributed by atoms with Crippen molar-refractivity contribution in [3.05, 3.63) is 29.8 Å². The molecule has 1 saturated heterocycles. The topological polar surface area (TPSA) is 52.7 Å². The Morgan fingerprint density at radius 2 is 1.57 bits per heavy atom. The number of ketones is 1. The van der Waals surface area contributed by atoms with E-state index in [2.05, 4.69) is 22.2 Å². The van der Waals surface area contributed by atoms with Gasteiger partial charge in [-0.15, -0.1) is 24.8 Å². The Labute approximate surface area is 150 Å². The van der Waals surface area contributed by atoms with Crippen LogP contribution in [0.2, 0.25) is 0 Å². The molecule has 0 saturated carbocycles. The molecule has 1 aromatic rings. The van der Waals surface area contributed by atoms with Crippen molar-refractivity contribution in [1.29, 1.82) is 0 Å². The third-order valence-electron chi connectivity index (χ3n) is 3.95. The van der Waals surface area contributed by atoms with Crippen LogP contribution in [-0.4, -0.2) is 60.8 Å². The Balaban J connectivity index is 0.00000242. The molecule has 2 rings (SSSR count). The van der Waals surface area contributed by atoms with E-state index >= 15 is 0 Å². The molecule has 1 amide bonds. The molecule has 7 heteroatoms. The molecule has 23 heavy (non-hydrogen) atoms. The first-order chi connectivity index (χ1) is 9.97. The van der Waals surface area contributed by atoms with E-state index in [9.17, 15) is 9.59 Å². The molecule has 1 heterocycles. The van der Waals surface area contributed by atoms with Crippen molar-refractivity contribution in [2.45, 2.75) is 19.9 Å². The van der Waals surface area contributed by atoms with Crippen LogP contribution >= 0.6 is 24.8 Å². The highest BCUT2D eigenvalue weighted by molar-refractivity contribution is 6.00. The quantitative estimate of drug-likeness (QED) is 0.836. The van der Waals surface area contributed by atoms with Crippen LogP contribution in [0.4, 0.5) is 5.69 Å². The lowest BCUT2D eigenvalue weighted by Gasteiger charge is -2.35. The van der Waals surface area contributed by atoms with Gasteiger partial charge in [-0.25, -0.2) is 0 Å². The maximum Gasteiger partial charge on any atom is 0.221 e. The summed E-state index contributed by atoms with van der Waals surface area (Å²) in [6.45, 7) is 7.28. The van der Waals surface area contributed by atoms with E-state index in [1.807, 2.05) is 6.92 Å². The molecule has 1 fully saturated rings. The Morgan fingerprint density at radius 3 is 2.04 bits per heavy atom. The predicted octanol–water partition coefficient (Wildman–Crippen LogP) is 2.31. The zero-order valence-electron chi connectivity index (χ0n) is 13.7. The fraction of sp³-hybridized carbons (Fsp3) is 0.500. The van der Waals surface area contributed by atoms with Crippen LogP contribution in [0.15, 0.2) is 24.3 Å². The maximum absolute atomic E-state index is 12.5. The van der Waals surface area contributed by atoms with Crippen LogP contribution < -0.4 is 5.32 Å². The van der Waals surface area contributed by atoms with Crippen molar-refractivity contribution < 1.29 is 9.59 Å². The van der Waals surface area contributed by atoms with E-state index in [0.29, 0.717) is 11.3 Å². The second kappa shape index (κ2) is 9.88. The molecule has 1 N–H and O–H groups in total. The van der Waals surface area contributed by atoms with Gasteiger partial charge in [-0.2, -0.15) is 0 Å². The second-order valence-electron chi connectivity index (χ2n) is 5.64. The number of nitrogens with one attached hydrogen (secondary N) is 1. The first-order valence-electron chi connectivity index (χ1n) is 7.32. The number of halogens is 2. The van der Waals surface area contributed by atoms with E-state index in [1.165, 1.54) is 6.92 Å². The fourth-order valence-corrected chi connectivity index (χ4v) is 2.54. The number of hydrogen-bond donors (Lipinski definition) is 1. The Morgan fingerprint density at radius 1 is 1.04 bits per heavy atom. The van der Waals surface area contributed by atoms with E-state index in [1.54, 1.807) is 24.3 Å². The van der Waals surface area contributed by atoms with Crippen LogP contribution in [0.1, 0.15) is 24.2 Å². The zero-order valence-corrected chi connectivity index (χ0v) is 15.4. The molecule has 0 spiro atoms. The number of amides is 1. The number of anilines is 1. The average molecular weight is 362 g/mol. The number of carbonyl (C=O) groups is 2. The number of rotatable bonds is 4. The summed E-state index contributed by atoms with van der Waals surface area (Å²) in [6.07, 6.45) is 0. The van der Waals surface area contributed by atoms with Crippen molar-refractivity contribution >= 4 is 42.2 Å². The van der Waals surface area contributed by atoms with Crippen molar-refractivity contribution in [2.75, 3.05) is 38.5 Å².